The molecule has 0 saturated carbocycles. The molecule has 0 aliphatic heterocycles. The topological polar surface area (TPSA) is 25.8 Å². The van der Waals surface area contributed by atoms with Crippen molar-refractivity contribution in [2.45, 2.75) is 32.6 Å². The van der Waals surface area contributed by atoms with E-state index >= 15 is 0 Å². The first kappa shape index (κ1) is 14.0. The Labute approximate surface area is 132 Å². The largest absolute Gasteiger partial charge is 0.236 e. The van der Waals surface area contributed by atoms with Gasteiger partial charge in [-0.2, -0.15) is 0 Å². The Morgan fingerprint density at radius 3 is 2.75 bits per heavy atom. The Balaban J connectivity index is 1.98. The molecule has 1 unspecified atom stereocenters. The average Bonchev–Trinajstić information content (AvgIpc) is 2.36. The normalized spacial score (nSPS) is 16.9. The molecule has 20 heavy (non-hydrogen) atoms. The molecule has 3 rings (SSSR count). The van der Waals surface area contributed by atoms with Crippen LogP contribution in [0.4, 0.5) is 0 Å². The van der Waals surface area contributed by atoms with Crippen LogP contribution in [-0.2, 0) is 12.8 Å². The molecule has 0 radical (unpaired) electrons. The first-order chi connectivity index (χ1) is 9.56. The maximum atomic E-state index is 6.26. The summed E-state index contributed by atoms with van der Waals surface area (Å²) in [6, 6.07) is 8.47. The molecule has 0 amide bonds. The quantitative estimate of drug-likeness (QED) is 0.744. The first-order valence-electron chi connectivity index (χ1n) is 6.86. The zero-order valence-electron chi connectivity index (χ0n) is 11.5. The van der Waals surface area contributed by atoms with Crippen molar-refractivity contribution in [3.63, 3.8) is 0 Å². The van der Waals surface area contributed by atoms with E-state index in [-0.39, 0.29) is 0 Å². The SMILES string of the molecule is CC(C)Cc1nc(C2Cc3ccccc32)nc(Cl)c1Br. The fourth-order valence-electron chi connectivity index (χ4n) is 2.65. The van der Waals surface area contributed by atoms with Crippen molar-refractivity contribution in [3.8, 4) is 0 Å². The number of aromatic nitrogens is 2. The molecule has 1 aliphatic rings. The van der Waals surface area contributed by atoms with E-state index in [9.17, 15) is 0 Å². The second-order valence-corrected chi connectivity index (χ2v) is 6.84. The first-order valence-corrected chi connectivity index (χ1v) is 8.03. The van der Waals surface area contributed by atoms with Crippen LogP contribution in [0, 0.1) is 5.92 Å². The zero-order valence-corrected chi connectivity index (χ0v) is 13.9. The highest BCUT2D eigenvalue weighted by Crippen LogP contribution is 2.39. The third kappa shape index (κ3) is 2.49. The minimum absolute atomic E-state index is 0.294. The van der Waals surface area contributed by atoms with E-state index in [0.717, 1.165) is 28.8 Å². The van der Waals surface area contributed by atoms with E-state index in [4.69, 9.17) is 16.6 Å². The van der Waals surface area contributed by atoms with Gasteiger partial charge in [0, 0.05) is 5.92 Å². The van der Waals surface area contributed by atoms with Gasteiger partial charge in [-0.25, -0.2) is 9.97 Å². The molecule has 104 valence electrons. The smallest absolute Gasteiger partial charge is 0.147 e. The van der Waals surface area contributed by atoms with Crippen LogP contribution in [0.5, 0.6) is 0 Å². The van der Waals surface area contributed by atoms with Gasteiger partial charge in [-0.1, -0.05) is 49.7 Å². The lowest BCUT2D eigenvalue weighted by Crippen LogP contribution is -2.21. The average molecular weight is 352 g/mol. The van der Waals surface area contributed by atoms with E-state index in [1.807, 2.05) is 0 Å². The third-order valence-electron chi connectivity index (χ3n) is 3.66. The zero-order chi connectivity index (χ0) is 14.3. The van der Waals surface area contributed by atoms with E-state index in [2.05, 4.69) is 59.0 Å². The van der Waals surface area contributed by atoms with E-state index in [1.54, 1.807) is 0 Å². The predicted octanol–water partition coefficient (Wildman–Crippen LogP) is 4.78. The number of benzene rings is 1. The van der Waals surface area contributed by atoms with Gasteiger partial charge in [-0.15, -0.1) is 0 Å². The van der Waals surface area contributed by atoms with Crippen LogP contribution in [0.2, 0.25) is 5.15 Å². The molecule has 1 aromatic carbocycles. The highest BCUT2D eigenvalue weighted by atomic mass is 79.9. The number of fused-ring (bicyclic) bond motifs is 1. The Bertz CT molecular complexity index is 655. The highest BCUT2D eigenvalue weighted by molar-refractivity contribution is 9.10. The third-order valence-corrected chi connectivity index (χ3v) is 5.00. The number of hydrogen-bond acceptors (Lipinski definition) is 2. The fourth-order valence-corrected chi connectivity index (χ4v) is 3.18. The minimum Gasteiger partial charge on any atom is -0.236 e. The number of hydrogen-bond donors (Lipinski definition) is 0. The maximum absolute atomic E-state index is 6.26. The lowest BCUT2D eigenvalue weighted by Gasteiger charge is -2.29. The van der Waals surface area contributed by atoms with Gasteiger partial charge >= 0.3 is 0 Å². The standard InChI is InChI=1S/C16H16BrClN2/c1-9(2)7-13-14(17)15(18)20-16(19-13)12-8-10-5-3-4-6-11(10)12/h3-6,9,12H,7-8H2,1-2H3. The fraction of sp³-hybridized carbons (Fsp3) is 0.375. The predicted molar refractivity (Wildman–Crippen MR) is 85.3 cm³/mol. The van der Waals surface area contributed by atoms with Crippen molar-refractivity contribution < 1.29 is 0 Å². The van der Waals surface area contributed by atoms with Crippen LogP contribution in [-0.4, -0.2) is 9.97 Å². The summed E-state index contributed by atoms with van der Waals surface area (Å²) in [5.74, 6) is 1.69. The minimum atomic E-state index is 0.294. The van der Waals surface area contributed by atoms with Crippen molar-refractivity contribution in [2.75, 3.05) is 0 Å². The van der Waals surface area contributed by atoms with E-state index in [1.165, 1.54) is 11.1 Å². The summed E-state index contributed by atoms with van der Waals surface area (Å²) < 4.78 is 0.837. The summed E-state index contributed by atoms with van der Waals surface area (Å²) in [5, 5.41) is 0.523. The van der Waals surface area contributed by atoms with E-state index < -0.39 is 0 Å². The summed E-state index contributed by atoms with van der Waals surface area (Å²) in [7, 11) is 0. The van der Waals surface area contributed by atoms with Crippen LogP contribution in [0.1, 0.15) is 42.4 Å². The monoisotopic (exact) mass is 350 g/mol. The second-order valence-electron chi connectivity index (χ2n) is 5.69. The lowest BCUT2D eigenvalue weighted by molar-refractivity contribution is 0.609. The molecule has 1 aliphatic carbocycles. The molecule has 0 fully saturated rings. The van der Waals surface area contributed by atoms with Crippen molar-refractivity contribution in [1.82, 2.24) is 9.97 Å². The molecule has 2 aromatic rings. The van der Waals surface area contributed by atoms with Gasteiger partial charge in [0.1, 0.15) is 11.0 Å². The summed E-state index contributed by atoms with van der Waals surface area (Å²) in [6.07, 6.45) is 1.92. The van der Waals surface area contributed by atoms with Gasteiger partial charge in [0.2, 0.25) is 0 Å². The lowest BCUT2D eigenvalue weighted by atomic mass is 9.77. The maximum Gasteiger partial charge on any atom is 0.147 e. The van der Waals surface area contributed by atoms with Crippen LogP contribution >= 0.6 is 27.5 Å². The van der Waals surface area contributed by atoms with Crippen LogP contribution in [0.15, 0.2) is 28.7 Å². The van der Waals surface area contributed by atoms with E-state index in [0.29, 0.717) is 17.0 Å². The molecule has 0 bridgehead atoms. The van der Waals surface area contributed by atoms with Gasteiger partial charge in [0.25, 0.3) is 0 Å². The van der Waals surface area contributed by atoms with Gasteiger partial charge in [-0.3, -0.25) is 0 Å². The molecule has 1 atom stereocenters. The van der Waals surface area contributed by atoms with Crippen molar-refractivity contribution in [1.29, 1.82) is 0 Å². The molecule has 2 nitrogen and oxygen atoms in total. The highest BCUT2D eigenvalue weighted by Gasteiger charge is 2.30. The molecule has 0 spiro atoms. The second kappa shape index (κ2) is 5.45. The van der Waals surface area contributed by atoms with Crippen molar-refractivity contribution in [3.05, 3.63) is 56.5 Å². The van der Waals surface area contributed by atoms with Crippen LogP contribution in [0.3, 0.4) is 0 Å². The van der Waals surface area contributed by atoms with Gasteiger partial charge in [-0.05, 0) is 45.8 Å². The van der Waals surface area contributed by atoms with Gasteiger partial charge in [0.15, 0.2) is 0 Å². The summed E-state index contributed by atoms with van der Waals surface area (Å²) in [6.45, 7) is 4.36. The van der Waals surface area contributed by atoms with Crippen LogP contribution < -0.4 is 0 Å². The molecule has 1 aromatic heterocycles. The van der Waals surface area contributed by atoms with Crippen LogP contribution in [0.25, 0.3) is 0 Å². The number of halogens is 2. The Morgan fingerprint density at radius 2 is 2.05 bits per heavy atom. The molecule has 0 N–H and O–H groups in total. The van der Waals surface area contributed by atoms with Gasteiger partial charge in [0.05, 0.1) is 10.2 Å². The molecular weight excluding hydrogens is 336 g/mol. The summed E-state index contributed by atoms with van der Waals surface area (Å²) in [4.78, 5) is 9.22. The van der Waals surface area contributed by atoms with Crippen molar-refractivity contribution >= 4 is 27.5 Å². The molecule has 0 saturated heterocycles. The molecular formula is C16H16BrClN2. The van der Waals surface area contributed by atoms with Gasteiger partial charge < -0.3 is 0 Å². The van der Waals surface area contributed by atoms with Crippen molar-refractivity contribution in [2.24, 2.45) is 5.92 Å². The summed E-state index contributed by atoms with van der Waals surface area (Å²) >= 11 is 9.76. The summed E-state index contributed by atoms with van der Waals surface area (Å²) in [5.41, 5.74) is 3.74. The molecule has 4 heteroatoms. The Morgan fingerprint density at radius 1 is 1.30 bits per heavy atom. The number of nitrogens with zero attached hydrogens (tertiary/aromatic N) is 2. The number of rotatable bonds is 3. The Hall–Kier alpha value is -0.930. The Kier molecular flexibility index (Phi) is 3.83. The molecule has 1 heterocycles.